The summed E-state index contributed by atoms with van der Waals surface area (Å²) < 4.78 is 3.14. The number of hydrogen-bond acceptors (Lipinski definition) is 2. The van der Waals surface area contributed by atoms with Crippen molar-refractivity contribution in [2.75, 3.05) is 5.32 Å². The average Bonchev–Trinajstić information content (AvgIpc) is 3.12. The minimum absolute atomic E-state index is 0.00599. The predicted octanol–water partition coefficient (Wildman–Crippen LogP) is 6.65. The minimum atomic E-state index is -0.500. The number of para-hydroxylation sites is 2. The maximum Gasteiger partial charge on any atom is 0.266 e. The quantitative estimate of drug-likeness (QED) is 0.251. The van der Waals surface area contributed by atoms with Crippen molar-refractivity contribution in [1.29, 1.82) is 5.26 Å². The zero-order chi connectivity index (χ0) is 21.8. The van der Waals surface area contributed by atoms with E-state index in [1.54, 1.807) is 30.3 Å². The lowest BCUT2D eigenvalue weighted by atomic mass is 10.1. The van der Waals surface area contributed by atoms with Gasteiger partial charge >= 0.3 is 0 Å². The van der Waals surface area contributed by atoms with Crippen LogP contribution in [0.5, 0.6) is 0 Å². The van der Waals surface area contributed by atoms with Crippen molar-refractivity contribution < 1.29 is 4.79 Å². The van der Waals surface area contributed by atoms with Crippen LogP contribution in [0, 0.1) is 11.3 Å². The molecule has 152 valence electrons. The summed E-state index contributed by atoms with van der Waals surface area (Å²) in [6.07, 6.45) is 3.58. The summed E-state index contributed by atoms with van der Waals surface area (Å²) in [5.41, 5.74) is 3.45. The van der Waals surface area contributed by atoms with Gasteiger partial charge in [-0.2, -0.15) is 5.26 Å². The molecule has 0 aliphatic heterocycles. The fourth-order valence-corrected chi connectivity index (χ4v) is 3.81. The van der Waals surface area contributed by atoms with Crippen molar-refractivity contribution in [3.05, 3.63) is 105 Å². The molecule has 4 nitrogen and oxygen atoms in total. The van der Waals surface area contributed by atoms with E-state index in [2.05, 4.69) is 37.9 Å². The Morgan fingerprint density at radius 1 is 1.06 bits per heavy atom. The Labute approximate surface area is 193 Å². The maximum atomic E-state index is 12.7. The van der Waals surface area contributed by atoms with Gasteiger partial charge in [0.1, 0.15) is 11.6 Å². The number of nitriles is 1. The second-order valence-corrected chi connectivity index (χ2v) is 8.28. The van der Waals surface area contributed by atoms with Crippen LogP contribution in [0.2, 0.25) is 5.02 Å². The lowest BCUT2D eigenvalue weighted by Gasteiger charge is -2.06. The predicted molar refractivity (Wildman–Crippen MR) is 129 cm³/mol. The van der Waals surface area contributed by atoms with Gasteiger partial charge in [-0.15, -0.1) is 0 Å². The number of benzene rings is 3. The largest absolute Gasteiger partial charge is 0.342 e. The SMILES string of the molecule is N#C/C(=C\c1cn(Cc2ccc(Br)cc2)c2ccccc12)C(=O)Nc1ccccc1Cl. The van der Waals surface area contributed by atoms with E-state index in [1.807, 2.05) is 48.7 Å². The van der Waals surface area contributed by atoms with Crippen LogP contribution in [-0.4, -0.2) is 10.5 Å². The van der Waals surface area contributed by atoms with Crippen molar-refractivity contribution in [3.8, 4) is 6.07 Å². The molecule has 0 saturated carbocycles. The fourth-order valence-electron chi connectivity index (χ4n) is 3.36. The van der Waals surface area contributed by atoms with E-state index < -0.39 is 5.91 Å². The molecule has 0 radical (unpaired) electrons. The summed E-state index contributed by atoms with van der Waals surface area (Å²) >= 11 is 9.58. The smallest absolute Gasteiger partial charge is 0.266 e. The first kappa shape index (κ1) is 20.9. The van der Waals surface area contributed by atoms with Crippen molar-refractivity contribution in [2.45, 2.75) is 6.54 Å². The van der Waals surface area contributed by atoms with Crippen LogP contribution < -0.4 is 5.32 Å². The maximum absolute atomic E-state index is 12.7. The van der Waals surface area contributed by atoms with E-state index in [0.29, 0.717) is 17.3 Å². The summed E-state index contributed by atoms with van der Waals surface area (Å²) in [4.78, 5) is 12.7. The molecule has 31 heavy (non-hydrogen) atoms. The standard InChI is InChI=1S/C25H17BrClN3O/c26-20-11-9-17(10-12-20)15-30-16-19(21-5-1-4-8-24(21)30)13-18(14-28)25(31)29-23-7-3-2-6-22(23)27/h1-13,16H,15H2,(H,29,31)/b18-13+. The van der Waals surface area contributed by atoms with Gasteiger partial charge in [0.15, 0.2) is 0 Å². The van der Waals surface area contributed by atoms with E-state index >= 15 is 0 Å². The van der Waals surface area contributed by atoms with Gasteiger partial charge in [0.25, 0.3) is 5.91 Å². The molecule has 0 spiro atoms. The molecule has 1 heterocycles. The molecule has 0 atom stereocenters. The van der Waals surface area contributed by atoms with Crippen LogP contribution in [0.3, 0.4) is 0 Å². The lowest BCUT2D eigenvalue weighted by Crippen LogP contribution is -2.13. The van der Waals surface area contributed by atoms with Gasteiger partial charge in [0.2, 0.25) is 0 Å². The van der Waals surface area contributed by atoms with E-state index in [1.165, 1.54) is 0 Å². The highest BCUT2D eigenvalue weighted by Crippen LogP contribution is 2.26. The van der Waals surface area contributed by atoms with Gasteiger partial charge < -0.3 is 9.88 Å². The van der Waals surface area contributed by atoms with Crippen molar-refractivity contribution in [1.82, 2.24) is 4.57 Å². The normalized spacial score (nSPS) is 11.3. The second-order valence-electron chi connectivity index (χ2n) is 6.96. The van der Waals surface area contributed by atoms with Crippen LogP contribution in [0.15, 0.2) is 89.0 Å². The van der Waals surface area contributed by atoms with E-state index in [9.17, 15) is 10.1 Å². The summed E-state index contributed by atoms with van der Waals surface area (Å²) in [5.74, 6) is -0.500. The Hall–Kier alpha value is -3.33. The zero-order valence-electron chi connectivity index (χ0n) is 16.3. The molecule has 4 rings (SSSR count). The third-order valence-electron chi connectivity index (χ3n) is 4.87. The first-order valence-corrected chi connectivity index (χ1v) is 10.7. The van der Waals surface area contributed by atoms with Gasteiger partial charge in [-0.05, 0) is 42.0 Å². The Balaban J connectivity index is 1.68. The van der Waals surface area contributed by atoms with Gasteiger partial charge in [0.05, 0.1) is 10.7 Å². The molecular formula is C25H17BrClN3O. The number of carbonyl (C=O) groups is 1. The van der Waals surface area contributed by atoms with Crippen molar-refractivity contribution >= 4 is 56.1 Å². The molecule has 3 aromatic carbocycles. The Kier molecular flexibility index (Phi) is 6.22. The molecule has 0 aliphatic rings. The molecule has 1 aromatic heterocycles. The van der Waals surface area contributed by atoms with Gasteiger partial charge in [-0.3, -0.25) is 4.79 Å². The molecule has 0 unspecified atom stereocenters. The lowest BCUT2D eigenvalue weighted by molar-refractivity contribution is -0.112. The molecule has 0 bridgehead atoms. The van der Waals surface area contributed by atoms with Crippen LogP contribution >= 0.6 is 27.5 Å². The molecule has 1 amide bonds. The Bertz CT molecular complexity index is 1330. The number of nitrogens with one attached hydrogen (secondary N) is 1. The van der Waals surface area contributed by atoms with Crippen LogP contribution in [-0.2, 0) is 11.3 Å². The molecule has 0 aliphatic carbocycles. The number of aromatic nitrogens is 1. The molecule has 4 aromatic rings. The molecule has 1 N–H and O–H groups in total. The number of anilines is 1. The molecule has 6 heteroatoms. The van der Waals surface area contributed by atoms with Gasteiger partial charge in [0, 0.05) is 33.7 Å². The number of hydrogen-bond donors (Lipinski definition) is 1. The van der Waals surface area contributed by atoms with Crippen molar-refractivity contribution in [2.24, 2.45) is 0 Å². The number of fused-ring (bicyclic) bond motifs is 1. The highest BCUT2D eigenvalue weighted by molar-refractivity contribution is 9.10. The molecule has 0 saturated heterocycles. The number of halogens is 2. The third-order valence-corrected chi connectivity index (χ3v) is 5.73. The average molecular weight is 491 g/mol. The summed E-state index contributed by atoms with van der Waals surface area (Å²) in [7, 11) is 0. The number of nitrogens with zero attached hydrogens (tertiary/aromatic N) is 2. The summed E-state index contributed by atoms with van der Waals surface area (Å²) in [6, 6.07) is 25.0. The summed E-state index contributed by atoms with van der Waals surface area (Å²) in [5, 5.41) is 13.7. The van der Waals surface area contributed by atoms with Crippen LogP contribution in [0.1, 0.15) is 11.1 Å². The molecular weight excluding hydrogens is 474 g/mol. The Morgan fingerprint density at radius 2 is 1.77 bits per heavy atom. The topological polar surface area (TPSA) is 57.8 Å². The Morgan fingerprint density at radius 3 is 2.52 bits per heavy atom. The molecule has 0 fully saturated rings. The monoisotopic (exact) mass is 489 g/mol. The van der Waals surface area contributed by atoms with Gasteiger partial charge in [-0.25, -0.2) is 0 Å². The first-order valence-electron chi connectivity index (χ1n) is 9.55. The number of amides is 1. The van der Waals surface area contributed by atoms with Crippen LogP contribution in [0.25, 0.3) is 17.0 Å². The minimum Gasteiger partial charge on any atom is -0.342 e. The zero-order valence-corrected chi connectivity index (χ0v) is 18.7. The van der Waals surface area contributed by atoms with Gasteiger partial charge in [-0.1, -0.05) is 70.0 Å². The third kappa shape index (κ3) is 4.72. The highest BCUT2D eigenvalue weighted by atomic mass is 79.9. The highest BCUT2D eigenvalue weighted by Gasteiger charge is 2.14. The first-order chi connectivity index (χ1) is 15.0. The second kappa shape index (κ2) is 9.22. The van der Waals surface area contributed by atoms with E-state index in [-0.39, 0.29) is 5.57 Å². The van der Waals surface area contributed by atoms with E-state index in [0.717, 1.165) is 26.5 Å². The fraction of sp³-hybridized carbons (Fsp3) is 0.0400. The van der Waals surface area contributed by atoms with E-state index in [4.69, 9.17) is 11.6 Å². The summed E-state index contributed by atoms with van der Waals surface area (Å²) in [6.45, 7) is 0.676. The van der Waals surface area contributed by atoms with Crippen LogP contribution in [0.4, 0.5) is 5.69 Å². The number of rotatable bonds is 5. The number of carbonyl (C=O) groups excluding carboxylic acids is 1. The van der Waals surface area contributed by atoms with Crippen molar-refractivity contribution in [3.63, 3.8) is 0 Å².